The van der Waals surface area contributed by atoms with Gasteiger partial charge in [0.2, 0.25) is 0 Å². The van der Waals surface area contributed by atoms with Crippen LogP contribution in [0.15, 0.2) is 42.5 Å². The molecule has 1 unspecified atom stereocenters. The molecule has 5 heteroatoms. The van der Waals surface area contributed by atoms with Crippen LogP contribution in [-0.4, -0.2) is 23.0 Å². The van der Waals surface area contributed by atoms with Gasteiger partial charge in [-0.25, -0.2) is 4.39 Å². The van der Waals surface area contributed by atoms with Crippen LogP contribution in [0.2, 0.25) is 0 Å². The summed E-state index contributed by atoms with van der Waals surface area (Å²) < 4.78 is 13.5. The molecule has 2 aromatic carbocycles. The highest BCUT2D eigenvalue weighted by atomic mass is 19.1. The summed E-state index contributed by atoms with van der Waals surface area (Å²) in [6, 6.07) is 10.4. The molecule has 0 radical (unpaired) electrons. The van der Waals surface area contributed by atoms with Gasteiger partial charge >= 0.3 is 0 Å². The molecule has 0 bridgehead atoms. The number of hydrogen-bond acceptors (Lipinski definition) is 3. The first-order valence-electron chi connectivity index (χ1n) is 6.52. The van der Waals surface area contributed by atoms with Gasteiger partial charge in [-0.2, -0.15) is 0 Å². The van der Waals surface area contributed by atoms with Crippen molar-refractivity contribution in [1.29, 1.82) is 0 Å². The minimum Gasteiger partial charge on any atom is -0.508 e. The van der Waals surface area contributed by atoms with E-state index in [1.165, 1.54) is 17.0 Å². The molecule has 0 aromatic heterocycles. The average molecular weight is 288 g/mol. The highest BCUT2D eigenvalue weighted by Gasteiger charge is 2.21. The molecule has 110 valence electrons. The second-order valence-corrected chi connectivity index (χ2v) is 4.89. The van der Waals surface area contributed by atoms with Gasteiger partial charge in [0.25, 0.3) is 5.91 Å². The Balaban J connectivity index is 2.26. The SMILES string of the molecule is CC(c1ccccc1O)N(C)C(=O)c1ccc(N)c(F)c1. The summed E-state index contributed by atoms with van der Waals surface area (Å²) in [5.74, 6) is -0.845. The number of aromatic hydroxyl groups is 1. The number of phenolic OH excluding ortho intramolecular Hbond substituents is 1. The van der Waals surface area contributed by atoms with Crippen LogP contribution in [-0.2, 0) is 0 Å². The Morgan fingerprint density at radius 2 is 1.95 bits per heavy atom. The normalized spacial score (nSPS) is 12.0. The number of hydrogen-bond donors (Lipinski definition) is 2. The lowest BCUT2D eigenvalue weighted by atomic mass is 10.0. The van der Waals surface area contributed by atoms with Gasteiger partial charge in [-0.05, 0) is 31.2 Å². The third-order valence-corrected chi connectivity index (χ3v) is 3.54. The molecule has 2 aromatic rings. The van der Waals surface area contributed by atoms with Crippen molar-refractivity contribution >= 4 is 11.6 Å². The molecule has 2 rings (SSSR count). The zero-order chi connectivity index (χ0) is 15.6. The monoisotopic (exact) mass is 288 g/mol. The van der Waals surface area contributed by atoms with E-state index in [4.69, 9.17) is 5.73 Å². The molecule has 21 heavy (non-hydrogen) atoms. The fraction of sp³-hybridized carbons (Fsp3) is 0.188. The Labute approximate surface area is 122 Å². The molecule has 1 atom stereocenters. The van der Waals surface area contributed by atoms with E-state index >= 15 is 0 Å². The highest BCUT2D eigenvalue weighted by molar-refractivity contribution is 5.94. The number of benzene rings is 2. The second kappa shape index (κ2) is 5.83. The van der Waals surface area contributed by atoms with Crippen molar-refractivity contribution in [2.45, 2.75) is 13.0 Å². The molecule has 0 spiro atoms. The molecule has 0 aliphatic heterocycles. The van der Waals surface area contributed by atoms with Gasteiger partial charge in [0, 0.05) is 18.2 Å². The second-order valence-electron chi connectivity index (χ2n) is 4.89. The van der Waals surface area contributed by atoms with Crippen LogP contribution in [0.25, 0.3) is 0 Å². The Kier molecular flexibility index (Phi) is 4.12. The number of nitrogens with zero attached hydrogens (tertiary/aromatic N) is 1. The molecular formula is C16H17FN2O2. The number of halogens is 1. The number of nitrogens with two attached hydrogens (primary N) is 1. The Bertz CT molecular complexity index is 673. The molecule has 3 N–H and O–H groups in total. The van der Waals surface area contributed by atoms with Gasteiger partial charge in [0.1, 0.15) is 11.6 Å². The first-order chi connectivity index (χ1) is 9.91. The number of anilines is 1. The highest BCUT2D eigenvalue weighted by Crippen LogP contribution is 2.28. The molecule has 0 aliphatic carbocycles. The average Bonchev–Trinajstić information content (AvgIpc) is 2.48. The van der Waals surface area contributed by atoms with Crippen LogP contribution in [0, 0.1) is 5.82 Å². The summed E-state index contributed by atoms with van der Waals surface area (Å²) in [5.41, 5.74) is 6.25. The number of amides is 1. The van der Waals surface area contributed by atoms with Crippen molar-refractivity contribution in [3.8, 4) is 5.75 Å². The predicted molar refractivity (Wildman–Crippen MR) is 79.4 cm³/mol. The van der Waals surface area contributed by atoms with Crippen molar-refractivity contribution in [3.05, 3.63) is 59.4 Å². The summed E-state index contributed by atoms with van der Waals surface area (Å²) in [5, 5.41) is 9.85. The third-order valence-electron chi connectivity index (χ3n) is 3.54. The van der Waals surface area contributed by atoms with Crippen LogP contribution in [0.1, 0.15) is 28.9 Å². The third kappa shape index (κ3) is 2.97. The Morgan fingerprint density at radius 1 is 1.29 bits per heavy atom. The van der Waals surface area contributed by atoms with E-state index in [2.05, 4.69) is 0 Å². The zero-order valence-corrected chi connectivity index (χ0v) is 11.9. The number of nitrogen functional groups attached to an aromatic ring is 1. The van der Waals surface area contributed by atoms with Crippen molar-refractivity contribution in [3.63, 3.8) is 0 Å². The zero-order valence-electron chi connectivity index (χ0n) is 11.9. The van der Waals surface area contributed by atoms with Gasteiger partial charge in [0.05, 0.1) is 11.7 Å². The Hall–Kier alpha value is -2.56. The smallest absolute Gasteiger partial charge is 0.254 e. The van der Waals surface area contributed by atoms with Crippen LogP contribution < -0.4 is 5.73 Å². The topological polar surface area (TPSA) is 66.6 Å². The maximum Gasteiger partial charge on any atom is 0.254 e. The van der Waals surface area contributed by atoms with Crippen LogP contribution in [0.4, 0.5) is 10.1 Å². The van der Waals surface area contributed by atoms with Gasteiger partial charge in [-0.15, -0.1) is 0 Å². The number of rotatable bonds is 3. The van der Waals surface area contributed by atoms with E-state index in [0.717, 1.165) is 6.07 Å². The standard InChI is InChI=1S/C16H17FN2O2/c1-10(12-5-3-4-6-15(12)20)19(2)16(21)11-7-8-14(18)13(17)9-11/h3-10,20H,18H2,1-2H3. The van der Waals surface area contributed by atoms with Crippen LogP contribution in [0.3, 0.4) is 0 Å². The van der Waals surface area contributed by atoms with Crippen LogP contribution >= 0.6 is 0 Å². The van der Waals surface area contributed by atoms with Crippen LogP contribution in [0.5, 0.6) is 5.75 Å². The summed E-state index contributed by atoms with van der Waals surface area (Å²) in [4.78, 5) is 13.8. The molecule has 0 saturated heterocycles. The first-order valence-corrected chi connectivity index (χ1v) is 6.52. The molecule has 0 fully saturated rings. The first kappa shape index (κ1) is 14.8. The van der Waals surface area contributed by atoms with Gasteiger partial charge in [-0.3, -0.25) is 4.79 Å². The van der Waals surface area contributed by atoms with Crippen molar-refractivity contribution in [1.82, 2.24) is 4.90 Å². The minimum absolute atomic E-state index is 0.00274. The van der Waals surface area contributed by atoms with Crippen molar-refractivity contribution < 1.29 is 14.3 Å². The maximum atomic E-state index is 13.5. The molecular weight excluding hydrogens is 271 g/mol. The fourth-order valence-electron chi connectivity index (χ4n) is 2.09. The van der Waals surface area contributed by atoms with E-state index in [1.807, 2.05) is 0 Å². The number of para-hydroxylation sites is 1. The largest absolute Gasteiger partial charge is 0.508 e. The van der Waals surface area contributed by atoms with E-state index in [-0.39, 0.29) is 28.9 Å². The van der Waals surface area contributed by atoms with E-state index in [1.54, 1.807) is 38.2 Å². The van der Waals surface area contributed by atoms with Gasteiger partial charge in [-0.1, -0.05) is 18.2 Å². The lowest BCUT2D eigenvalue weighted by Crippen LogP contribution is -2.29. The minimum atomic E-state index is -0.621. The molecule has 0 heterocycles. The van der Waals surface area contributed by atoms with Gasteiger partial charge in [0.15, 0.2) is 0 Å². The van der Waals surface area contributed by atoms with Gasteiger partial charge < -0.3 is 15.7 Å². The molecule has 0 saturated carbocycles. The summed E-state index contributed by atoms with van der Waals surface area (Å²) in [6.45, 7) is 1.79. The van der Waals surface area contributed by atoms with E-state index in [9.17, 15) is 14.3 Å². The molecule has 1 amide bonds. The lowest BCUT2D eigenvalue weighted by molar-refractivity contribution is 0.0741. The predicted octanol–water partition coefficient (Wildman–Crippen LogP) is 2.95. The van der Waals surface area contributed by atoms with Crippen molar-refractivity contribution in [2.75, 3.05) is 12.8 Å². The quantitative estimate of drug-likeness (QED) is 0.853. The fourth-order valence-corrected chi connectivity index (χ4v) is 2.09. The number of carbonyl (C=O) groups is 1. The maximum absolute atomic E-state index is 13.5. The lowest BCUT2D eigenvalue weighted by Gasteiger charge is -2.26. The number of carbonyl (C=O) groups excluding carboxylic acids is 1. The summed E-state index contributed by atoms with van der Waals surface area (Å²) >= 11 is 0. The Morgan fingerprint density at radius 3 is 2.57 bits per heavy atom. The molecule has 0 aliphatic rings. The molecule has 4 nitrogen and oxygen atoms in total. The van der Waals surface area contributed by atoms with E-state index < -0.39 is 5.82 Å². The summed E-state index contributed by atoms with van der Waals surface area (Å²) in [7, 11) is 1.60. The summed E-state index contributed by atoms with van der Waals surface area (Å²) in [6.07, 6.45) is 0. The number of phenols is 1. The van der Waals surface area contributed by atoms with Crippen molar-refractivity contribution in [2.24, 2.45) is 0 Å². The van der Waals surface area contributed by atoms with E-state index in [0.29, 0.717) is 5.56 Å².